The molecule has 3 rings (SSSR count). The summed E-state index contributed by atoms with van der Waals surface area (Å²) in [4.78, 5) is 2.57. The second-order valence-corrected chi connectivity index (χ2v) is 5.98. The Morgan fingerprint density at radius 3 is 3.00 bits per heavy atom. The first kappa shape index (κ1) is 13.3. The number of fused-ring (bicyclic) bond motifs is 1. The highest BCUT2D eigenvalue weighted by Crippen LogP contribution is 2.28. The number of rotatable bonds is 3. The van der Waals surface area contributed by atoms with Gasteiger partial charge in [-0.3, -0.25) is 4.90 Å². The van der Waals surface area contributed by atoms with Gasteiger partial charge in [0.1, 0.15) is 5.82 Å². The molecule has 2 nitrogen and oxygen atoms in total. The monoisotopic (exact) mass is 282 g/mol. The lowest BCUT2D eigenvalue weighted by Crippen LogP contribution is -2.44. The molecule has 2 atom stereocenters. The second-order valence-electron chi connectivity index (χ2n) is 5.58. The molecule has 0 bridgehead atoms. The summed E-state index contributed by atoms with van der Waals surface area (Å²) in [6.45, 7) is 2.93. The molecule has 1 aromatic carbocycles. The lowest BCUT2D eigenvalue weighted by molar-refractivity contribution is 0.180. The lowest BCUT2D eigenvalue weighted by atomic mass is 9.99. The molecule has 1 aromatic rings. The fraction of sp³-hybridized carbons (Fsp3) is 0.600. The summed E-state index contributed by atoms with van der Waals surface area (Å²) in [5, 5.41) is 4.03. The molecular weight excluding hydrogens is 263 g/mol. The van der Waals surface area contributed by atoms with Crippen LogP contribution in [0.15, 0.2) is 18.2 Å². The van der Waals surface area contributed by atoms with E-state index in [1.165, 1.54) is 38.4 Å². The molecule has 2 fully saturated rings. The zero-order chi connectivity index (χ0) is 13.2. The topological polar surface area (TPSA) is 15.3 Å². The van der Waals surface area contributed by atoms with Crippen LogP contribution in [0.5, 0.6) is 0 Å². The number of nitrogens with one attached hydrogen (secondary N) is 1. The number of piperidine rings is 1. The van der Waals surface area contributed by atoms with Crippen molar-refractivity contribution < 1.29 is 4.39 Å². The number of benzene rings is 1. The fourth-order valence-electron chi connectivity index (χ4n) is 3.42. The number of halogens is 2. The van der Waals surface area contributed by atoms with Crippen molar-refractivity contribution in [1.82, 2.24) is 10.2 Å². The van der Waals surface area contributed by atoms with Crippen molar-refractivity contribution >= 4 is 11.6 Å². The van der Waals surface area contributed by atoms with Crippen LogP contribution >= 0.6 is 11.6 Å². The summed E-state index contributed by atoms with van der Waals surface area (Å²) in [5.41, 5.74) is 0.596. The van der Waals surface area contributed by atoms with E-state index in [9.17, 15) is 4.39 Å². The molecule has 2 heterocycles. The van der Waals surface area contributed by atoms with Gasteiger partial charge < -0.3 is 5.32 Å². The molecule has 0 aromatic heterocycles. The van der Waals surface area contributed by atoms with Gasteiger partial charge in [0.15, 0.2) is 0 Å². The lowest BCUT2D eigenvalue weighted by Gasteiger charge is -2.32. The van der Waals surface area contributed by atoms with Gasteiger partial charge in [-0.25, -0.2) is 4.39 Å². The first-order chi connectivity index (χ1) is 9.25. The largest absolute Gasteiger partial charge is 0.308 e. The van der Waals surface area contributed by atoms with Gasteiger partial charge in [0.05, 0.1) is 0 Å². The molecule has 0 spiro atoms. The maximum absolute atomic E-state index is 13.7. The van der Waals surface area contributed by atoms with Crippen LogP contribution in [0.2, 0.25) is 5.02 Å². The van der Waals surface area contributed by atoms with Gasteiger partial charge in [0, 0.05) is 35.8 Å². The van der Waals surface area contributed by atoms with Crippen LogP contribution < -0.4 is 5.32 Å². The Morgan fingerprint density at radius 1 is 1.26 bits per heavy atom. The van der Waals surface area contributed by atoms with Crippen molar-refractivity contribution in [1.29, 1.82) is 0 Å². The highest BCUT2D eigenvalue weighted by Gasteiger charge is 2.35. The molecule has 2 unspecified atom stereocenters. The molecule has 0 aliphatic carbocycles. The molecule has 2 aliphatic heterocycles. The minimum atomic E-state index is -0.210. The van der Waals surface area contributed by atoms with Gasteiger partial charge in [-0.15, -0.1) is 0 Å². The molecular formula is C15H20ClFN2. The molecule has 104 valence electrons. The number of hydrogen-bond acceptors (Lipinski definition) is 2. The van der Waals surface area contributed by atoms with E-state index in [-0.39, 0.29) is 5.82 Å². The van der Waals surface area contributed by atoms with E-state index in [0.29, 0.717) is 29.2 Å². The van der Waals surface area contributed by atoms with Crippen molar-refractivity contribution in [3.63, 3.8) is 0 Å². The quantitative estimate of drug-likeness (QED) is 0.916. The average Bonchev–Trinajstić information content (AvgIpc) is 2.82. The molecule has 19 heavy (non-hydrogen) atoms. The van der Waals surface area contributed by atoms with E-state index >= 15 is 0 Å². The van der Waals surface area contributed by atoms with Crippen molar-refractivity contribution in [2.24, 2.45) is 0 Å². The third kappa shape index (κ3) is 2.78. The van der Waals surface area contributed by atoms with Gasteiger partial charge in [-0.2, -0.15) is 0 Å². The van der Waals surface area contributed by atoms with E-state index in [1.807, 2.05) is 0 Å². The number of nitrogens with zero attached hydrogens (tertiary/aromatic N) is 1. The zero-order valence-electron chi connectivity index (χ0n) is 11.0. The highest BCUT2D eigenvalue weighted by molar-refractivity contribution is 6.31. The number of hydrogen-bond donors (Lipinski definition) is 1. The summed E-state index contributed by atoms with van der Waals surface area (Å²) >= 11 is 6.06. The van der Waals surface area contributed by atoms with Gasteiger partial charge in [-0.05, 0) is 37.9 Å². The Hall–Kier alpha value is -0.640. The predicted molar refractivity (Wildman–Crippen MR) is 75.9 cm³/mol. The van der Waals surface area contributed by atoms with E-state index < -0.39 is 0 Å². The summed E-state index contributed by atoms with van der Waals surface area (Å²) in [7, 11) is 0. The van der Waals surface area contributed by atoms with Crippen LogP contribution in [0.4, 0.5) is 4.39 Å². The van der Waals surface area contributed by atoms with Gasteiger partial charge >= 0.3 is 0 Å². The zero-order valence-corrected chi connectivity index (χ0v) is 11.8. The Morgan fingerprint density at radius 2 is 2.16 bits per heavy atom. The van der Waals surface area contributed by atoms with Gasteiger partial charge in [-0.1, -0.05) is 24.1 Å². The first-order valence-electron chi connectivity index (χ1n) is 7.16. The maximum atomic E-state index is 13.7. The SMILES string of the molecule is Fc1cccc(Cl)c1CNC1CCN2CCCCC12. The predicted octanol–water partition coefficient (Wildman–Crippen LogP) is 3.20. The highest BCUT2D eigenvalue weighted by atomic mass is 35.5. The first-order valence-corrected chi connectivity index (χ1v) is 7.54. The van der Waals surface area contributed by atoms with Crippen LogP contribution in [-0.4, -0.2) is 30.1 Å². The second kappa shape index (κ2) is 5.78. The van der Waals surface area contributed by atoms with E-state index in [0.717, 1.165) is 6.42 Å². The van der Waals surface area contributed by atoms with Gasteiger partial charge in [0.25, 0.3) is 0 Å². The molecule has 4 heteroatoms. The van der Waals surface area contributed by atoms with Gasteiger partial charge in [0.2, 0.25) is 0 Å². The van der Waals surface area contributed by atoms with Crippen LogP contribution in [0.3, 0.4) is 0 Å². The molecule has 1 N–H and O–H groups in total. The normalized spacial score (nSPS) is 27.5. The molecule has 2 saturated heterocycles. The molecule has 2 aliphatic rings. The van der Waals surface area contributed by atoms with Crippen molar-refractivity contribution in [3.05, 3.63) is 34.6 Å². The summed E-state index contributed by atoms with van der Waals surface area (Å²) < 4.78 is 13.7. The summed E-state index contributed by atoms with van der Waals surface area (Å²) in [5.74, 6) is -0.210. The van der Waals surface area contributed by atoms with Crippen LogP contribution in [0.1, 0.15) is 31.2 Å². The van der Waals surface area contributed by atoms with Crippen LogP contribution in [0.25, 0.3) is 0 Å². The smallest absolute Gasteiger partial charge is 0.129 e. The third-order valence-electron chi connectivity index (χ3n) is 4.46. The average molecular weight is 283 g/mol. The van der Waals surface area contributed by atoms with Crippen molar-refractivity contribution in [2.75, 3.05) is 13.1 Å². The van der Waals surface area contributed by atoms with E-state index in [2.05, 4.69) is 10.2 Å². The third-order valence-corrected chi connectivity index (χ3v) is 4.81. The Kier molecular flexibility index (Phi) is 4.06. The Labute approximate surface area is 118 Å². The minimum absolute atomic E-state index is 0.210. The maximum Gasteiger partial charge on any atom is 0.129 e. The molecule has 0 amide bonds. The van der Waals surface area contributed by atoms with E-state index in [1.54, 1.807) is 12.1 Å². The standard InChI is InChI=1S/C15H20ClFN2/c16-12-4-3-5-13(17)11(12)10-18-14-7-9-19-8-2-1-6-15(14)19/h3-5,14-15,18H,1-2,6-10H2. The van der Waals surface area contributed by atoms with E-state index in [4.69, 9.17) is 11.6 Å². The minimum Gasteiger partial charge on any atom is -0.308 e. The van der Waals surface area contributed by atoms with Crippen LogP contribution in [0, 0.1) is 5.82 Å². The van der Waals surface area contributed by atoms with Crippen molar-refractivity contribution in [3.8, 4) is 0 Å². The molecule has 0 saturated carbocycles. The fourth-order valence-corrected chi connectivity index (χ4v) is 3.65. The summed E-state index contributed by atoms with van der Waals surface area (Å²) in [6.07, 6.45) is 5.07. The summed E-state index contributed by atoms with van der Waals surface area (Å²) in [6, 6.07) is 6.00. The molecule has 0 radical (unpaired) electrons. The van der Waals surface area contributed by atoms with Crippen LogP contribution in [-0.2, 0) is 6.54 Å². The van der Waals surface area contributed by atoms with Crippen molar-refractivity contribution in [2.45, 2.75) is 44.3 Å². The Balaban J connectivity index is 1.63. The Bertz CT molecular complexity index is 432.